The Hall–Kier alpha value is -3.05. The van der Waals surface area contributed by atoms with E-state index in [1.807, 2.05) is 18.4 Å². The van der Waals surface area contributed by atoms with Crippen LogP contribution in [0.15, 0.2) is 30.5 Å². The van der Waals surface area contributed by atoms with E-state index in [0.29, 0.717) is 33.7 Å². The van der Waals surface area contributed by atoms with E-state index in [0.717, 1.165) is 24.6 Å². The van der Waals surface area contributed by atoms with Gasteiger partial charge in [0.05, 0.1) is 40.4 Å². The van der Waals surface area contributed by atoms with Gasteiger partial charge >= 0.3 is 0 Å². The van der Waals surface area contributed by atoms with Crippen LogP contribution < -0.4 is 10.9 Å². The predicted octanol–water partition coefficient (Wildman–Crippen LogP) is 6.00. The summed E-state index contributed by atoms with van der Waals surface area (Å²) in [6, 6.07) is 8.23. The van der Waals surface area contributed by atoms with Gasteiger partial charge in [0.15, 0.2) is 0 Å². The van der Waals surface area contributed by atoms with E-state index in [1.54, 1.807) is 25.1 Å². The van der Waals surface area contributed by atoms with Crippen molar-refractivity contribution in [3.63, 3.8) is 0 Å². The molecule has 0 radical (unpaired) electrons. The number of nitrogens with zero attached hydrogens (tertiary/aromatic N) is 3. The van der Waals surface area contributed by atoms with Crippen molar-refractivity contribution in [3.8, 4) is 17.5 Å². The van der Waals surface area contributed by atoms with E-state index in [-0.39, 0.29) is 11.9 Å². The van der Waals surface area contributed by atoms with Gasteiger partial charge in [0.25, 0.3) is 0 Å². The third-order valence-corrected chi connectivity index (χ3v) is 5.63. The third-order valence-electron chi connectivity index (χ3n) is 5.63. The second kappa shape index (κ2) is 10.5. The molecular formula is C24H28F3N5. The van der Waals surface area contributed by atoms with E-state index in [2.05, 4.69) is 21.9 Å². The lowest BCUT2D eigenvalue weighted by molar-refractivity contribution is 0.320. The highest BCUT2D eigenvalue weighted by molar-refractivity contribution is 5.94. The first-order valence-corrected chi connectivity index (χ1v) is 10.9. The Morgan fingerprint density at radius 1 is 1.22 bits per heavy atom. The summed E-state index contributed by atoms with van der Waals surface area (Å²) < 4.78 is 41.6. The number of aromatic nitrogens is 2. The van der Waals surface area contributed by atoms with Gasteiger partial charge in [0.1, 0.15) is 25.2 Å². The summed E-state index contributed by atoms with van der Waals surface area (Å²) in [6.45, 7) is 4.01. The van der Waals surface area contributed by atoms with Crippen molar-refractivity contribution in [1.29, 1.82) is 5.26 Å². The fraction of sp³-hybridized carbons (Fsp3) is 0.417. The number of aryl methyl sites for hydroxylation is 1. The molecule has 1 aromatic carbocycles. The summed E-state index contributed by atoms with van der Waals surface area (Å²) in [5, 5.41) is 10.6. The minimum atomic E-state index is -0.936. The second-order valence-corrected chi connectivity index (χ2v) is 7.62. The highest BCUT2D eigenvalue weighted by atomic mass is 19.1. The summed E-state index contributed by atoms with van der Waals surface area (Å²) in [6.07, 6.45) is 4.56. The Morgan fingerprint density at radius 3 is 2.47 bits per heavy atom. The first kappa shape index (κ1) is 23.6. The monoisotopic (exact) mass is 443 g/mol. The maximum Gasteiger partial charge on any atom is 0.128 e. The largest absolute Gasteiger partial charge is 0.335 e. The molecule has 0 amide bonds. The maximum atomic E-state index is 14.3. The smallest absolute Gasteiger partial charge is 0.128 e. The van der Waals surface area contributed by atoms with Crippen LogP contribution in [-0.2, 0) is 0 Å². The van der Waals surface area contributed by atoms with Crippen LogP contribution in [0, 0.1) is 24.1 Å². The molecule has 2 aromatic heterocycles. The van der Waals surface area contributed by atoms with Crippen LogP contribution in [0.5, 0.6) is 0 Å². The van der Waals surface area contributed by atoms with Gasteiger partial charge < -0.3 is 9.99 Å². The second-order valence-electron chi connectivity index (χ2n) is 7.62. The number of nitrogens with one attached hydrogen (secondary N) is 2. The van der Waals surface area contributed by atoms with Crippen molar-refractivity contribution >= 4 is 16.6 Å². The lowest BCUT2D eigenvalue weighted by atomic mass is 9.92. The number of hydrazine groups is 1. The molecular weight excluding hydrogens is 415 g/mol. The molecule has 1 aliphatic rings. The van der Waals surface area contributed by atoms with Gasteiger partial charge in [0, 0.05) is 11.4 Å². The van der Waals surface area contributed by atoms with Crippen LogP contribution >= 0.6 is 0 Å². The van der Waals surface area contributed by atoms with Gasteiger partial charge in [-0.3, -0.25) is 4.98 Å². The molecule has 170 valence electrons. The van der Waals surface area contributed by atoms with Crippen molar-refractivity contribution in [3.05, 3.63) is 47.4 Å². The first-order valence-electron chi connectivity index (χ1n) is 10.9. The number of anilines is 1. The lowest BCUT2D eigenvalue weighted by Gasteiger charge is -2.30. The number of benzene rings is 1. The minimum absolute atomic E-state index is 0.197. The molecule has 32 heavy (non-hydrogen) atoms. The van der Waals surface area contributed by atoms with Crippen LogP contribution in [0.4, 0.5) is 18.9 Å². The third kappa shape index (κ3) is 4.44. The number of nitriles is 1. The predicted molar refractivity (Wildman–Crippen MR) is 121 cm³/mol. The van der Waals surface area contributed by atoms with Gasteiger partial charge in [-0.2, -0.15) is 5.26 Å². The Bertz CT molecular complexity index is 1090. The summed E-state index contributed by atoms with van der Waals surface area (Å²) in [4.78, 5) is 4.47. The van der Waals surface area contributed by atoms with Gasteiger partial charge in [-0.1, -0.05) is 13.8 Å². The van der Waals surface area contributed by atoms with Crippen LogP contribution in [0.2, 0.25) is 0 Å². The summed E-state index contributed by atoms with van der Waals surface area (Å²) in [5.41, 5.74) is 8.77. The van der Waals surface area contributed by atoms with E-state index in [9.17, 15) is 18.4 Å². The molecule has 2 heterocycles. The summed E-state index contributed by atoms with van der Waals surface area (Å²) in [7, 11) is 0. The van der Waals surface area contributed by atoms with Crippen LogP contribution in [0.25, 0.3) is 22.3 Å². The molecule has 8 heteroatoms. The standard InChI is InChI=1S/C22H22F3N5.C2H6/c1-13-7-17-18(11-26)22(30(16-3-2-4-16)21(17)8-19(13)25)20-6-5-14(12-27-20)28-29-15(9-23)10-24;1-2/h5-8,12,15-16,28-29H,2-4,9-10H2,1H3;1-2H3. The summed E-state index contributed by atoms with van der Waals surface area (Å²) in [5.74, 6) is -0.300. The Kier molecular flexibility index (Phi) is 7.75. The number of halogens is 3. The molecule has 1 saturated carbocycles. The zero-order valence-corrected chi connectivity index (χ0v) is 18.6. The fourth-order valence-corrected chi connectivity index (χ4v) is 3.74. The van der Waals surface area contributed by atoms with Crippen LogP contribution in [0.1, 0.15) is 50.3 Å². The average Bonchev–Trinajstić information content (AvgIpc) is 3.08. The SMILES string of the molecule is CC.Cc1cc2c(C#N)c(-c3ccc(NNC(CF)CF)cn3)n(C3CCC3)c2cc1F. The maximum absolute atomic E-state index is 14.3. The number of fused-ring (bicyclic) bond motifs is 1. The van der Waals surface area contributed by atoms with Gasteiger partial charge in [0.2, 0.25) is 0 Å². The Balaban J connectivity index is 0.00000141. The molecule has 1 aliphatic carbocycles. The van der Waals surface area contributed by atoms with Crippen molar-refractivity contribution in [1.82, 2.24) is 15.0 Å². The van der Waals surface area contributed by atoms with E-state index in [1.165, 1.54) is 12.3 Å². The number of pyridine rings is 1. The highest BCUT2D eigenvalue weighted by Crippen LogP contribution is 2.42. The van der Waals surface area contributed by atoms with Crippen molar-refractivity contribution in [2.45, 2.75) is 52.1 Å². The molecule has 1 fully saturated rings. The number of rotatable bonds is 7. The zero-order valence-electron chi connectivity index (χ0n) is 18.6. The van der Waals surface area contributed by atoms with Gasteiger partial charge in [-0.25, -0.2) is 18.6 Å². The van der Waals surface area contributed by atoms with Gasteiger partial charge in [-0.15, -0.1) is 0 Å². The normalized spacial score (nSPS) is 13.4. The Morgan fingerprint density at radius 2 is 1.94 bits per heavy atom. The van der Waals surface area contributed by atoms with Crippen molar-refractivity contribution < 1.29 is 13.2 Å². The topological polar surface area (TPSA) is 65.7 Å². The number of hydrogen-bond acceptors (Lipinski definition) is 4. The highest BCUT2D eigenvalue weighted by Gasteiger charge is 2.28. The number of hydrogen-bond donors (Lipinski definition) is 2. The molecule has 3 aromatic rings. The molecule has 2 N–H and O–H groups in total. The molecule has 0 unspecified atom stereocenters. The Labute approximate surface area is 186 Å². The first-order chi connectivity index (χ1) is 15.6. The van der Waals surface area contributed by atoms with E-state index in [4.69, 9.17) is 0 Å². The molecule has 0 bridgehead atoms. The van der Waals surface area contributed by atoms with Crippen molar-refractivity contribution in [2.24, 2.45) is 0 Å². The van der Waals surface area contributed by atoms with E-state index < -0.39 is 19.4 Å². The lowest BCUT2D eigenvalue weighted by Crippen LogP contribution is -2.37. The molecule has 4 rings (SSSR count). The van der Waals surface area contributed by atoms with Crippen molar-refractivity contribution in [2.75, 3.05) is 18.8 Å². The fourth-order valence-electron chi connectivity index (χ4n) is 3.74. The average molecular weight is 444 g/mol. The minimum Gasteiger partial charge on any atom is -0.335 e. The molecule has 0 spiro atoms. The summed E-state index contributed by atoms with van der Waals surface area (Å²) >= 11 is 0. The quantitative estimate of drug-likeness (QED) is 0.440. The van der Waals surface area contributed by atoms with Gasteiger partial charge in [-0.05, 0) is 56.0 Å². The van der Waals surface area contributed by atoms with E-state index >= 15 is 0 Å². The van der Waals surface area contributed by atoms with Crippen LogP contribution in [-0.4, -0.2) is 28.9 Å². The molecule has 0 aliphatic heterocycles. The molecule has 0 saturated heterocycles. The molecule has 0 atom stereocenters. The molecule has 5 nitrogen and oxygen atoms in total. The number of alkyl halides is 2. The van der Waals surface area contributed by atoms with Crippen LogP contribution in [0.3, 0.4) is 0 Å². The zero-order chi connectivity index (χ0) is 23.3.